The van der Waals surface area contributed by atoms with E-state index in [0.29, 0.717) is 25.4 Å². The summed E-state index contributed by atoms with van der Waals surface area (Å²) in [5.41, 5.74) is 4.14. The summed E-state index contributed by atoms with van der Waals surface area (Å²) in [6.45, 7) is 3.26. The molecule has 0 aliphatic heterocycles. The molecule has 2 aromatic heterocycles. The molecule has 0 saturated heterocycles. The summed E-state index contributed by atoms with van der Waals surface area (Å²) in [7, 11) is 0. The molecule has 0 spiro atoms. The summed E-state index contributed by atoms with van der Waals surface area (Å²) < 4.78 is 8.85. The first-order valence-electron chi connectivity index (χ1n) is 10.3. The van der Waals surface area contributed by atoms with Crippen LogP contribution in [-0.2, 0) is 19.7 Å². The van der Waals surface area contributed by atoms with Gasteiger partial charge in [0.15, 0.2) is 0 Å². The zero-order valence-corrected chi connectivity index (χ0v) is 19.2. The average molecular weight is 491 g/mol. The lowest BCUT2D eigenvalue weighted by atomic mass is 10.2. The lowest BCUT2D eigenvalue weighted by Gasteiger charge is -2.13. The van der Waals surface area contributed by atoms with Crippen LogP contribution in [-0.4, -0.2) is 20.7 Å². The number of aromatic nitrogens is 3. The predicted octanol–water partition coefficient (Wildman–Crippen LogP) is 4.91. The molecule has 0 bridgehead atoms. The van der Waals surface area contributed by atoms with Crippen LogP contribution < -0.4 is 10.1 Å². The van der Waals surface area contributed by atoms with Crippen LogP contribution in [0.15, 0.2) is 83.5 Å². The number of carbonyl (C=O) groups excluding carboxylic acids is 1. The molecule has 0 fully saturated rings. The fourth-order valence-electron chi connectivity index (χ4n) is 3.25. The molecular formula is C25H23BrN4O2. The largest absolute Gasteiger partial charge is 0.489 e. The van der Waals surface area contributed by atoms with Crippen molar-refractivity contribution in [2.75, 3.05) is 0 Å². The number of ether oxygens (including phenoxy) is 1. The zero-order valence-electron chi connectivity index (χ0n) is 17.7. The molecule has 32 heavy (non-hydrogen) atoms. The van der Waals surface area contributed by atoms with E-state index in [4.69, 9.17) is 4.74 Å². The van der Waals surface area contributed by atoms with E-state index in [1.807, 2.05) is 78.3 Å². The molecule has 0 atom stereocenters. The topological polar surface area (TPSA) is 69.0 Å². The number of pyridine rings is 1. The summed E-state index contributed by atoms with van der Waals surface area (Å²) >= 11 is 3.54. The Labute approximate surface area is 195 Å². The number of hydrogen-bond acceptors (Lipinski definition) is 4. The quantitative estimate of drug-likeness (QED) is 0.381. The Bertz CT molecular complexity index is 1190. The Morgan fingerprint density at radius 3 is 2.66 bits per heavy atom. The molecule has 6 nitrogen and oxygen atoms in total. The van der Waals surface area contributed by atoms with Crippen molar-refractivity contribution in [3.05, 3.63) is 112 Å². The second-order valence-corrected chi connectivity index (χ2v) is 8.27. The van der Waals surface area contributed by atoms with Crippen molar-refractivity contribution < 1.29 is 9.53 Å². The number of amides is 1. The van der Waals surface area contributed by atoms with E-state index in [-0.39, 0.29) is 5.91 Å². The molecule has 2 heterocycles. The molecule has 0 radical (unpaired) electrons. The van der Waals surface area contributed by atoms with E-state index in [1.54, 1.807) is 12.3 Å². The average Bonchev–Trinajstić information content (AvgIpc) is 3.18. The van der Waals surface area contributed by atoms with Crippen molar-refractivity contribution in [2.24, 2.45) is 0 Å². The number of aryl methyl sites for hydroxylation is 1. The maximum absolute atomic E-state index is 12.6. The monoisotopic (exact) mass is 490 g/mol. The standard InChI is InChI=1S/C25H23BrN4O2/c1-18-13-23(25(31)28-15-22-9-5-6-12-27-22)29-30(18)16-20-14-21(26)10-11-24(20)32-17-19-7-3-2-4-8-19/h2-14H,15-17H2,1H3,(H,28,31). The van der Waals surface area contributed by atoms with Gasteiger partial charge in [-0.1, -0.05) is 52.3 Å². The number of halogens is 1. The van der Waals surface area contributed by atoms with Crippen molar-refractivity contribution in [1.29, 1.82) is 0 Å². The Morgan fingerprint density at radius 2 is 1.88 bits per heavy atom. The summed E-state index contributed by atoms with van der Waals surface area (Å²) in [6.07, 6.45) is 1.70. The molecule has 1 N–H and O–H groups in total. The Morgan fingerprint density at radius 1 is 1.06 bits per heavy atom. The molecular weight excluding hydrogens is 468 g/mol. The van der Waals surface area contributed by atoms with Gasteiger partial charge in [-0.3, -0.25) is 14.5 Å². The SMILES string of the molecule is Cc1cc(C(=O)NCc2ccccn2)nn1Cc1cc(Br)ccc1OCc1ccccc1. The van der Waals surface area contributed by atoms with E-state index in [9.17, 15) is 4.79 Å². The van der Waals surface area contributed by atoms with Crippen LogP contribution in [0.4, 0.5) is 0 Å². The summed E-state index contributed by atoms with van der Waals surface area (Å²) in [5, 5.41) is 7.39. The van der Waals surface area contributed by atoms with Crippen LogP contribution in [0.2, 0.25) is 0 Å². The molecule has 4 aromatic rings. The number of hydrogen-bond donors (Lipinski definition) is 1. The maximum atomic E-state index is 12.6. The van der Waals surface area contributed by atoms with Gasteiger partial charge in [-0.15, -0.1) is 0 Å². The highest BCUT2D eigenvalue weighted by Gasteiger charge is 2.14. The molecule has 2 aromatic carbocycles. The van der Waals surface area contributed by atoms with Crippen LogP contribution in [0.5, 0.6) is 5.75 Å². The third-order valence-corrected chi connectivity index (χ3v) is 5.44. The van der Waals surface area contributed by atoms with E-state index in [1.165, 1.54) is 0 Å². The second-order valence-electron chi connectivity index (χ2n) is 7.36. The van der Waals surface area contributed by atoms with Crippen molar-refractivity contribution in [1.82, 2.24) is 20.1 Å². The van der Waals surface area contributed by atoms with Crippen molar-refractivity contribution in [2.45, 2.75) is 26.6 Å². The van der Waals surface area contributed by atoms with Gasteiger partial charge >= 0.3 is 0 Å². The Kier molecular flexibility index (Phi) is 6.97. The zero-order chi connectivity index (χ0) is 22.3. The first-order valence-corrected chi connectivity index (χ1v) is 11.1. The van der Waals surface area contributed by atoms with Gasteiger partial charge in [0.05, 0.1) is 18.8 Å². The number of carbonyl (C=O) groups is 1. The van der Waals surface area contributed by atoms with Crippen molar-refractivity contribution >= 4 is 21.8 Å². The fraction of sp³-hybridized carbons (Fsp3) is 0.160. The van der Waals surface area contributed by atoms with Gasteiger partial charge in [-0.2, -0.15) is 5.10 Å². The van der Waals surface area contributed by atoms with Gasteiger partial charge in [-0.05, 0) is 48.9 Å². The summed E-state index contributed by atoms with van der Waals surface area (Å²) in [6, 6.07) is 23.4. The third kappa shape index (κ3) is 5.62. The van der Waals surface area contributed by atoms with E-state index < -0.39 is 0 Å². The molecule has 7 heteroatoms. The Hall–Kier alpha value is -3.45. The molecule has 1 amide bonds. The number of nitrogens with zero attached hydrogens (tertiary/aromatic N) is 3. The van der Waals surface area contributed by atoms with Gasteiger partial charge in [0, 0.05) is 21.9 Å². The highest BCUT2D eigenvalue weighted by molar-refractivity contribution is 9.10. The lowest BCUT2D eigenvalue weighted by Crippen LogP contribution is -2.24. The number of benzene rings is 2. The first kappa shape index (κ1) is 21.8. The smallest absolute Gasteiger partial charge is 0.272 e. The van der Waals surface area contributed by atoms with Gasteiger partial charge in [0.1, 0.15) is 18.1 Å². The van der Waals surface area contributed by atoms with Gasteiger partial charge < -0.3 is 10.1 Å². The van der Waals surface area contributed by atoms with Gasteiger partial charge in [-0.25, -0.2) is 0 Å². The molecule has 0 aliphatic rings. The fourth-order valence-corrected chi connectivity index (χ4v) is 3.66. The van der Waals surface area contributed by atoms with Crippen LogP contribution in [0.3, 0.4) is 0 Å². The van der Waals surface area contributed by atoms with E-state index in [0.717, 1.165) is 32.7 Å². The van der Waals surface area contributed by atoms with Crippen molar-refractivity contribution in [3.63, 3.8) is 0 Å². The molecule has 0 unspecified atom stereocenters. The summed E-state index contributed by atoms with van der Waals surface area (Å²) in [4.78, 5) is 16.8. The first-order chi connectivity index (χ1) is 15.6. The minimum absolute atomic E-state index is 0.229. The van der Waals surface area contributed by atoms with Crippen LogP contribution in [0.1, 0.15) is 33.0 Å². The van der Waals surface area contributed by atoms with Crippen LogP contribution >= 0.6 is 15.9 Å². The summed E-state index contributed by atoms with van der Waals surface area (Å²) in [5.74, 6) is 0.556. The predicted molar refractivity (Wildman–Crippen MR) is 126 cm³/mol. The number of nitrogens with one attached hydrogen (secondary N) is 1. The highest BCUT2D eigenvalue weighted by Crippen LogP contribution is 2.25. The number of rotatable bonds is 8. The maximum Gasteiger partial charge on any atom is 0.272 e. The normalized spacial score (nSPS) is 10.7. The molecule has 0 saturated carbocycles. The second kappa shape index (κ2) is 10.2. The lowest BCUT2D eigenvalue weighted by molar-refractivity contribution is 0.0944. The van der Waals surface area contributed by atoms with Crippen molar-refractivity contribution in [3.8, 4) is 5.75 Å². The van der Waals surface area contributed by atoms with E-state index in [2.05, 4.69) is 31.3 Å². The third-order valence-electron chi connectivity index (χ3n) is 4.95. The van der Waals surface area contributed by atoms with Crippen LogP contribution in [0.25, 0.3) is 0 Å². The highest BCUT2D eigenvalue weighted by atomic mass is 79.9. The van der Waals surface area contributed by atoms with Crippen LogP contribution in [0, 0.1) is 6.92 Å². The molecule has 162 valence electrons. The minimum atomic E-state index is -0.229. The Balaban J connectivity index is 1.46. The molecule has 4 rings (SSSR count). The minimum Gasteiger partial charge on any atom is -0.489 e. The van der Waals surface area contributed by atoms with E-state index >= 15 is 0 Å². The van der Waals surface area contributed by atoms with Gasteiger partial charge in [0.25, 0.3) is 5.91 Å². The molecule has 0 aliphatic carbocycles. The van der Waals surface area contributed by atoms with Gasteiger partial charge in [0.2, 0.25) is 0 Å².